The summed E-state index contributed by atoms with van der Waals surface area (Å²) in [6.45, 7) is 1.68. The molecule has 1 aliphatic rings. The monoisotopic (exact) mass is 235 g/mol. The van der Waals surface area contributed by atoms with Crippen LogP contribution in [0, 0.1) is 0 Å². The topological polar surface area (TPSA) is 66.4 Å². The van der Waals surface area contributed by atoms with Crippen molar-refractivity contribution in [3.8, 4) is 0 Å². The van der Waals surface area contributed by atoms with Gasteiger partial charge in [0.2, 0.25) is 0 Å². The van der Waals surface area contributed by atoms with Crippen LogP contribution >= 0.6 is 0 Å². The van der Waals surface area contributed by atoms with Crippen LogP contribution in [0.3, 0.4) is 0 Å². The van der Waals surface area contributed by atoms with Gasteiger partial charge in [0.1, 0.15) is 13.1 Å². The minimum Gasteiger partial charge on any atom is -0.435 e. The lowest BCUT2D eigenvalue weighted by Gasteiger charge is -2.33. The Kier molecular flexibility index (Phi) is 3.21. The molecule has 0 radical (unpaired) electrons. The van der Waals surface area contributed by atoms with Crippen LogP contribution in [0.2, 0.25) is 0 Å². The maximum atomic E-state index is 12.3. The Bertz CT molecular complexity index is 425. The van der Waals surface area contributed by atoms with Crippen LogP contribution in [0.4, 0.5) is 4.79 Å². The minimum absolute atomic E-state index is 0.295. The quantitative estimate of drug-likeness (QED) is 0.710. The van der Waals surface area contributed by atoms with E-state index < -0.39 is 10.6 Å². The number of hydrogen-bond acceptors (Lipinski definition) is 3. The first-order chi connectivity index (χ1) is 8.17. The highest BCUT2D eigenvalue weighted by molar-refractivity contribution is 5.94. The number of benzene rings is 1. The summed E-state index contributed by atoms with van der Waals surface area (Å²) in [6, 6.07) is 8.61. The van der Waals surface area contributed by atoms with E-state index in [-0.39, 0.29) is 5.91 Å². The average molecular weight is 235 g/mol. The van der Waals surface area contributed by atoms with Crippen LogP contribution in [-0.4, -0.2) is 47.8 Å². The largest absolute Gasteiger partial charge is 0.521 e. The van der Waals surface area contributed by atoms with Gasteiger partial charge in [-0.25, -0.2) is 4.79 Å². The molecule has 1 aromatic rings. The second kappa shape index (κ2) is 4.65. The summed E-state index contributed by atoms with van der Waals surface area (Å²) in [5, 5.41) is 12.4. The van der Waals surface area contributed by atoms with Crippen LogP contribution < -0.4 is 5.32 Å². The lowest BCUT2D eigenvalue weighted by Crippen LogP contribution is -2.64. The molecular weight excluding hydrogens is 220 g/mol. The second-order valence-corrected chi connectivity index (χ2v) is 4.12. The second-order valence-electron chi connectivity index (χ2n) is 4.12. The molecule has 5 nitrogen and oxygen atoms in total. The van der Waals surface area contributed by atoms with Crippen molar-refractivity contribution in [3.63, 3.8) is 0 Å². The molecule has 17 heavy (non-hydrogen) atoms. The normalized spacial score (nSPS) is 18.6. The summed E-state index contributed by atoms with van der Waals surface area (Å²) in [7, 11) is 0. The van der Waals surface area contributed by atoms with E-state index in [4.69, 9.17) is 0 Å². The highest BCUT2D eigenvalue weighted by Crippen LogP contribution is 2.16. The van der Waals surface area contributed by atoms with Gasteiger partial charge in [0.15, 0.2) is 0 Å². The molecule has 0 unspecified atom stereocenters. The van der Waals surface area contributed by atoms with Crippen LogP contribution in [0.25, 0.3) is 0 Å². The summed E-state index contributed by atoms with van der Waals surface area (Å²) in [6.07, 6.45) is -1.07. The molecule has 1 aromatic carbocycles. The third kappa shape index (κ3) is 2.07. The number of rotatable bonds is 1. The Labute approximate surface area is 99.3 Å². The van der Waals surface area contributed by atoms with Gasteiger partial charge in [-0.2, -0.15) is 9.28 Å². The Balaban J connectivity index is 2.34. The lowest BCUT2D eigenvalue weighted by atomic mass is 10.1. The molecule has 2 N–H and O–H groups in total. The molecule has 1 aliphatic heterocycles. The zero-order valence-electron chi connectivity index (χ0n) is 9.43. The van der Waals surface area contributed by atoms with Crippen LogP contribution in [0.5, 0.6) is 0 Å². The summed E-state index contributed by atoms with van der Waals surface area (Å²) in [5.74, 6) is -0.334. The maximum absolute atomic E-state index is 12.3. The summed E-state index contributed by atoms with van der Waals surface area (Å²) < 4.78 is -0.503. The number of imide groups is 1. The Morgan fingerprint density at radius 1 is 1.12 bits per heavy atom. The first kappa shape index (κ1) is 11.8. The Morgan fingerprint density at radius 2 is 1.71 bits per heavy atom. The van der Waals surface area contributed by atoms with Crippen LogP contribution in [0.1, 0.15) is 10.4 Å². The summed E-state index contributed by atoms with van der Waals surface area (Å²) >= 11 is 0. The number of nitrogens with one attached hydrogen (secondary N) is 1. The number of quaternary nitrogens is 1. The van der Waals surface area contributed by atoms with E-state index in [2.05, 4.69) is 5.32 Å². The fourth-order valence-corrected chi connectivity index (χ4v) is 2.09. The van der Waals surface area contributed by atoms with Gasteiger partial charge in [-0.15, -0.1) is 0 Å². The van der Waals surface area contributed by atoms with Crippen molar-refractivity contribution < 1.29 is 19.2 Å². The van der Waals surface area contributed by atoms with Crippen molar-refractivity contribution in [3.05, 3.63) is 35.9 Å². The molecule has 90 valence electrons. The fraction of sp³-hybridized carbons (Fsp3) is 0.333. The SMILES string of the molecule is O=C(O)[N+]1(C(=O)c2ccccc2)CCNCC1. The summed E-state index contributed by atoms with van der Waals surface area (Å²) in [5.41, 5.74) is 0.455. The molecule has 5 heteroatoms. The molecule has 0 spiro atoms. The third-order valence-electron chi connectivity index (χ3n) is 3.12. The van der Waals surface area contributed by atoms with Crippen molar-refractivity contribution in [2.45, 2.75) is 0 Å². The van der Waals surface area contributed by atoms with Gasteiger partial charge in [0.25, 0.3) is 0 Å². The number of nitrogens with zero attached hydrogens (tertiary/aromatic N) is 1. The number of carboxylic acid groups (broad SMARTS) is 1. The molecule has 0 bridgehead atoms. The van der Waals surface area contributed by atoms with Gasteiger partial charge in [0.05, 0.1) is 5.56 Å². The number of amides is 2. The lowest BCUT2D eigenvalue weighted by molar-refractivity contribution is -0.777. The van der Waals surface area contributed by atoms with Gasteiger partial charge in [-0.05, 0) is 12.1 Å². The van der Waals surface area contributed by atoms with Gasteiger partial charge in [-0.3, -0.25) is 0 Å². The number of carbonyl (C=O) groups is 2. The van der Waals surface area contributed by atoms with Crippen LogP contribution in [0.15, 0.2) is 30.3 Å². The van der Waals surface area contributed by atoms with Crippen LogP contribution in [-0.2, 0) is 0 Å². The van der Waals surface area contributed by atoms with Crippen molar-refractivity contribution >= 4 is 12.0 Å². The maximum Gasteiger partial charge on any atom is 0.521 e. The van der Waals surface area contributed by atoms with E-state index in [9.17, 15) is 14.7 Å². The predicted octanol–water partition coefficient (Wildman–Crippen LogP) is 0.925. The van der Waals surface area contributed by atoms with Crippen molar-refractivity contribution in [2.75, 3.05) is 26.2 Å². The van der Waals surface area contributed by atoms with E-state index >= 15 is 0 Å². The number of piperazine rings is 1. The van der Waals surface area contributed by atoms with Gasteiger partial charge in [-0.1, -0.05) is 18.2 Å². The summed E-state index contributed by atoms with van der Waals surface area (Å²) in [4.78, 5) is 23.7. The molecule has 1 heterocycles. The smallest absolute Gasteiger partial charge is 0.435 e. The molecule has 0 atom stereocenters. The Hall–Kier alpha value is -1.72. The first-order valence-corrected chi connectivity index (χ1v) is 5.58. The molecule has 0 aromatic heterocycles. The van der Waals surface area contributed by atoms with Gasteiger partial charge in [0, 0.05) is 13.1 Å². The molecule has 0 aliphatic carbocycles. The zero-order chi connectivity index (χ0) is 12.3. The van der Waals surface area contributed by atoms with E-state index in [0.717, 1.165) is 0 Å². The standard InChI is InChI=1S/C12H14N2O3/c15-11(10-4-2-1-3-5-10)14(12(16)17)8-6-13-7-9-14/h1-5,13H,6-9H2/p+1. The minimum atomic E-state index is -1.07. The van der Waals surface area contributed by atoms with Gasteiger partial charge < -0.3 is 10.4 Å². The highest BCUT2D eigenvalue weighted by Gasteiger charge is 2.46. The third-order valence-corrected chi connectivity index (χ3v) is 3.12. The molecule has 2 rings (SSSR count). The molecule has 1 fully saturated rings. The molecule has 0 saturated carbocycles. The zero-order valence-corrected chi connectivity index (χ0v) is 9.43. The molecule has 1 saturated heterocycles. The first-order valence-electron chi connectivity index (χ1n) is 5.58. The Morgan fingerprint density at radius 3 is 2.24 bits per heavy atom. The number of carbonyl (C=O) groups excluding carboxylic acids is 1. The van der Waals surface area contributed by atoms with Crippen molar-refractivity contribution in [1.82, 2.24) is 5.32 Å². The fourth-order valence-electron chi connectivity index (χ4n) is 2.09. The van der Waals surface area contributed by atoms with Crippen molar-refractivity contribution in [2.24, 2.45) is 0 Å². The molecular formula is C12H15N2O3+. The average Bonchev–Trinajstić information content (AvgIpc) is 2.39. The van der Waals surface area contributed by atoms with E-state index in [0.29, 0.717) is 31.7 Å². The van der Waals surface area contributed by atoms with E-state index in [1.165, 1.54) is 0 Å². The van der Waals surface area contributed by atoms with Crippen molar-refractivity contribution in [1.29, 1.82) is 0 Å². The number of hydrogen-bond donors (Lipinski definition) is 2. The van der Waals surface area contributed by atoms with E-state index in [1.807, 2.05) is 0 Å². The van der Waals surface area contributed by atoms with Gasteiger partial charge >= 0.3 is 12.0 Å². The predicted molar refractivity (Wildman–Crippen MR) is 61.7 cm³/mol. The molecule has 2 amide bonds. The van der Waals surface area contributed by atoms with E-state index in [1.54, 1.807) is 30.3 Å². The highest BCUT2D eigenvalue weighted by atomic mass is 16.4.